The predicted octanol–water partition coefficient (Wildman–Crippen LogP) is 3.93. The quantitative estimate of drug-likeness (QED) is 0.790. The van der Waals surface area contributed by atoms with Gasteiger partial charge in [0.1, 0.15) is 5.60 Å². The summed E-state index contributed by atoms with van der Waals surface area (Å²) >= 11 is 0. The molecule has 25 heavy (non-hydrogen) atoms. The van der Waals surface area contributed by atoms with Crippen molar-refractivity contribution in [3.05, 3.63) is 71.8 Å². The molecular formula is C23H25NO. The summed E-state index contributed by atoms with van der Waals surface area (Å²) in [6, 6.07) is 21.2. The van der Waals surface area contributed by atoms with E-state index in [9.17, 15) is 0 Å². The number of nitrogens with zero attached hydrogens (tertiary/aromatic N) is 1. The standard InChI is InChI=1S/C23H25NO/c1-25-23(18-24-16-13-21(23)14-17-24)15-12-22(19-8-4-2-5-9-19)20-10-6-3-7-11-20/h2-11,21-22H,13-14,16-18H2,1H3/t23-/m0/s1. The lowest BCUT2D eigenvalue weighted by molar-refractivity contribution is -0.0962. The first-order chi connectivity index (χ1) is 12.3. The molecule has 0 spiro atoms. The smallest absolute Gasteiger partial charge is 0.143 e. The number of methoxy groups -OCH3 is 1. The van der Waals surface area contributed by atoms with Crippen LogP contribution in [0.1, 0.15) is 29.9 Å². The van der Waals surface area contributed by atoms with E-state index in [2.05, 4.69) is 77.4 Å². The van der Waals surface area contributed by atoms with Crippen LogP contribution in [0.25, 0.3) is 0 Å². The van der Waals surface area contributed by atoms with E-state index in [4.69, 9.17) is 4.74 Å². The molecule has 0 unspecified atom stereocenters. The molecule has 3 aliphatic rings. The molecule has 3 saturated heterocycles. The molecular weight excluding hydrogens is 306 g/mol. The third-order valence-corrected chi connectivity index (χ3v) is 5.76. The monoisotopic (exact) mass is 331 g/mol. The summed E-state index contributed by atoms with van der Waals surface area (Å²) in [5.41, 5.74) is 2.18. The van der Waals surface area contributed by atoms with Crippen LogP contribution < -0.4 is 0 Å². The maximum absolute atomic E-state index is 6.02. The van der Waals surface area contributed by atoms with E-state index >= 15 is 0 Å². The Morgan fingerprint density at radius 2 is 1.52 bits per heavy atom. The molecule has 0 aliphatic carbocycles. The van der Waals surface area contributed by atoms with Gasteiger partial charge in [-0.3, -0.25) is 4.90 Å². The summed E-state index contributed by atoms with van der Waals surface area (Å²) in [6.45, 7) is 3.33. The van der Waals surface area contributed by atoms with E-state index in [0.29, 0.717) is 5.92 Å². The van der Waals surface area contributed by atoms with Crippen LogP contribution in [-0.2, 0) is 4.74 Å². The minimum atomic E-state index is -0.307. The van der Waals surface area contributed by atoms with Gasteiger partial charge < -0.3 is 4.74 Å². The summed E-state index contributed by atoms with van der Waals surface area (Å²) in [5.74, 6) is 7.84. The molecule has 0 aromatic heterocycles. The van der Waals surface area contributed by atoms with Gasteiger partial charge in [0, 0.05) is 19.6 Å². The van der Waals surface area contributed by atoms with Gasteiger partial charge in [-0.2, -0.15) is 0 Å². The average molecular weight is 331 g/mol. The molecule has 2 bridgehead atoms. The van der Waals surface area contributed by atoms with E-state index in [1.54, 1.807) is 0 Å². The van der Waals surface area contributed by atoms with Crippen LogP contribution in [0.2, 0.25) is 0 Å². The molecule has 1 atom stereocenters. The Kier molecular flexibility index (Phi) is 4.61. The number of rotatable bonds is 3. The van der Waals surface area contributed by atoms with Crippen molar-refractivity contribution in [2.45, 2.75) is 24.4 Å². The fourth-order valence-corrected chi connectivity index (χ4v) is 4.29. The zero-order chi connectivity index (χ0) is 17.1. The van der Waals surface area contributed by atoms with Crippen molar-refractivity contribution in [3.8, 4) is 11.8 Å². The third-order valence-electron chi connectivity index (χ3n) is 5.76. The van der Waals surface area contributed by atoms with Gasteiger partial charge in [-0.25, -0.2) is 0 Å². The maximum Gasteiger partial charge on any atom is 0.143 e. The van der Waals surface area contributed by atoms with Crippen LogP contribution in [0, 0.1) is 17.8 Å². The number of piperidine rings is 3. The van der Waals surface area contributed by atoms with Gasteiger partial charge in [0.15, 0.2) is 0 Å². The Bertz CT molecular complexity index is 713. The highest BCUT2D eigenvalue weighted by atomic mass is 16.5. The number of fused-ring (bicyclic) bond motifs is 3. The van der Waals surface area contributed by atoms with E-state index < -0.39 is 0 Å². The molecule has 2 heteroatoms. The predicted molar refractivity (Wildman–Crippen MR) is 101 cm³/mol. The summed E-state index contributed by atoms with van der Waals surface area (Å²) in [4.78, 5) is 2.50. The topological polar surface area (TPSA) is 12.5 Å². The van der Waals surface area contributed by atoms with Crippen LogP contribution in [0.5, 0.6) is 0 Å². The Hall–Kier alpha value is -2.08. The van der Waals surface area contributed by atoms with Crippen molar-refractivity contribution in [3.63, 3.8) is 0 Å². The van der Waals surface area contributed by atoms with Crippen LogP contribution >= 0.6 is 0 Å². The second-order valence-corrected chi connectivity index (χ2v) is 7.17. The van der Waals surface area contributed by atoms with Crippen LogP contribution in [0.15, 0.2) is 60.7 Å². The zero-order valence-electron chi connectivity index (χ0n) is 14.8. The highest BCUT2D eigenvalue weighted by Crippen LogP contribution is 2.38. The minimum Gasteiger partial charge on any atom is -0.364 e. The minimum absolute atomic E-state index is 0.0879. The average Bonchev–Trinajstić information content (AvgIpc) is 2.71. The van der Waals surface area contributed by atoms with Crippen molar-refractivity contribution in [2.75, 3.05) is 26.7 Å². The summed E-state index contributed by atoms with van der Waals surface area (Å²) in [6.07, 6.45) is 2.40. The first-order valence-corrected chi connectivity index (χ1v) is 9.21. The SMILES string of the molecule is CO[C@@]1(C#CC(c2ccccc2)c2ccccc2)CN2CCC1CC2. The summed E-state index contributed by atoms with van der Waals surface area (Å²) < 4.78 is 6.02. The molecule has 3 aliphatic heterocycles. The van der Waals surface area contributed by atoms with Crippen molar-refractivity contribution in [1.82, 2.24) is 4.90 Å². The second kappa shape index (κ2) is 7.04. The molecule has 2 aromatic rings. The molecule has 2 nitrogen and oxygen atoms in total. The molecule has 0 saturated carbocycles. The van der Waals surface area contributed by atoms with Gasteiger partial charge in [0.05, 0.1) is 5.92 Å². The van der Waals surface area contributed by atoms with Gasteiger partial charge in [-0.15, -0.1) is 0 Å². The molecule has 0 N–H and O–H groups in total. The van der Waals surface area contributed by atoms with Crippen molar-refractivity contribution < 1.29 is 4.74 Å². The second-order valence-electron chi connectivity index (χ2n) is 7.17. The van der Waals surface area contributed by atoms with Gasteiger partial charge in [-0.05, 0) is 37.1 Å². The number of benzene rings is 2. The van der Waals surface area contributed by atoms with E-state index in [0.717, 1.165) is 6.54 Å². The lowest BCUT2D eigenvalue weighted by Gasteiger charge is -2.49. The first-order valence-electron chi connectivity index (χ1n) is 9.21. The van der Waals surface area contributed by atoms with Crippen LogP contribution in [-0.4, -0.2) is 37.2 Å². The van der Waals surface area contributed by atoms with Crippen molar-refractivity contribution in [2.24, 2.45) is 5.92 Å². The molecule has 0 radical (unpaired) electrons. The van der Waals surface area contributed by atoms with Crippen LogP contribution in [0.3, 0.4) is 0 Å². The van der Waals surface area contributed by atoms with E-state index in [1.165, 1.54) is 37.1 Å². The Balaban J connectivity index is 1.71. The maximum atomic E-state index is 6.02. The summed E-state index contributed by atoms with van der Waals surface area (Å²) in [5, 5.41) is 0. The Morgan fingerprint density at radius 1 is 0.960 bits per heavy atom. The fourth-order valence-electron chi connectivity index (χ4n) is 4.29. The van der Waals surface area contributed by atoms with Gasteiger partial charge >= 0.3 is 0 Å². The Morgan fingerprint density at radius 3 is 1.96 bits per heavy atom. The third kappa shape index (κ3) is 3.23. The lowest BCUT2D eigenvalue weighted by atomic mass is 9.75. The van der Waals surface area contributed by atoms with Crippen molar-refractivity contribution >= 4 is 0 Å². The fraction of sp³-hybridized carbons (Fsp3) is 0.391. The van der Waals surface area contributed by atoms with E-state index in [1.807, 2.05) is 7.11 Å². The van der Waals surface area contributed by atoms with Gasteiger partial charge in [0.2, 0.25) is 0 Å². The molecule has 5 rings (SSSR count). The molecule has 0 amide bonds. The van der Waals surface area contributed by atoms with Crippen molar-refractivity contribution in [1.29, 1.82) is 0 Å². The van der Waals surface area contributed by atoms with Crippen LogP contribution in [0.4, 0.5) is 0 Å². The lowest BCUT2D eigenvalue weighted by Crippen LogP contribution is -2.59. The number of hydrogen-bond donors (Lipinski definition) is 0. The molecule has 3 fully saturated rings. The highest BCUT2D eigenvalue weighted by molar-refractivity contribution is 5.41. The highest BCUT2D eigenvalue weighted by Gasteiger charge is 2.46. The first kappa shape index (κ1) is 16.4. The largest absolute Gasteiger partial charge is 0.364 e. The normalized spacial score (nSPS) is 27.8. The molecule has 3 heterocycles. The zero-order valence-corrected chi connectivity index (χ0v) is 14.8. The summed E-state index contributed by atoms with van der Waals surface area (Å²) in [7, 11) is 1.83. The molecule has 2 aromatic carbocycles. The van der Waals surface area contributed by atoms with E-state index in [-0.39, 0.29) is 11.5 Å². The molecule has 128 valence electrons. The van der Waals surface area contributed by atoms with Gasteiger partial charge in [-0.1, -0.05) is 72.5 Å². The Labute approximate surface area is 150 Å². The number of ether oxygens (including phenoxy) is 1. The van der Waals surface area contributed by atoms with Gasteiger partial charge in [0.25, 0.3) is 0 Å². The number of hydrogen-bond acceptors (Lipinski definition) is 2.